The molecule has 0 radical (unpaired) electrons. The number of aliphatic hydroxyl groups is 1. The maximum atomic E-state index is 10.5. The predicted molar refractivity (Wildman–Crippen MR) is 83.9 cm³/mol. The summed E-state index contributed by atoms with van der Waals surface area (Å²) in [5.41, 5.74) is 0.948. The summed E-state index contributed by atoms with van der Waals surface area (Å²) in [6, 6.07) is 15.2. The third-order valence-corrected chi connectivity index (χ3v) is 4.46. The molecule has 1 aliphatic rings. The average molecular weight is 269 g/mol. The van der Waals surface area contributed by atoms with Crippen molar-refractivity contribution >= 4 is 10.8 Å². The number of fused-ring (bicyclic) bond motifs is 1. The van der Waals surface area contributed by atoms with Gasteiger partial charge in [-0.25, -0.2) is 0 Å². The first-order valence-electron chi connectivity index (χ1n) is 7.66. The highest BCUT2D eigenvalue weighted by molar-refractivity contribution is 5.82. The Morgan fingerprint density at radius 2 is 1.75 bits per heavy atom. The van der Waals surface area contributed by atoms with Crippen LogP contribution in [0, 0.1) is 0 Å². The van der Waals surface area contributed by atoms with Crippen LogP contribution in [-0.4, -0.2) is 23.8 Å². The zero-order valence-corrected chi connectivity index (χ0v) is 11.9. The van der Waals surface area contributed by atoms with E-state index >= 15 is 0 Å². The van der Waals surface area contributed by atoms with Gasteiger partial charge in [0.1, 0.15) is 0 Å². The summed E-state index contributed by atoms with van der Waals surface area (Å²) in [6.07, 6.45) is 4.83. The van der Waals surface area contributed by atoms with Gasteiger partial charge in [-0.3, -0.25) is 0 Å². The summed E-state index contributed by atoms with van der Waals surface area (Å²) in [4.78, 5) is 0. The molecule has 1 saturated heterocycles. The van der Waals surface area contributed by atoms with Crippen molar-refractivity contribution in [2.75, 3.05) is 13.1 Å². The van der Waals surface area contributed by atoms with Crippen LogP contribution < -0.4 is 5.32 Å². The topological polar surface area (TPSA) is 32.3 Å². The molecule has 0 aliphatic carbocycles. The highest BCUT2D eigenvalue weighted by Gasteiger charge is 2.28. The fourth-order valence-electron chi connectivity index (χ4n) is 3.16. The molecule has 1 aliphatic heterocycles. The Morgan fingerprint density at radius 1 is 1.00 bits per heavy atom. The molecular formula is C18H23NO. The van der Waals surface area contributed by atoms with Crippen LogP contribution in [0.15, 0.2) is 42.5 Å². The van der Waals surface area contributed by atoms with Gasteiger partial charge < -0.3 is 10.4 Å². The van der Waals surface area contributed by atoms with Crippen LogP contribution in [0.1, 0.15) is 31.2 Å². The maximum absolute atomic E-state index is 10.5. The molecule has 20 heavy (non-hydrogen) atoms. The van der Waals surface area contributed by atoms with Crippen LogP contribution in [0.2, 0.25) is 0 Å². The zero-order valence-electron chi connectivity index (χ0n) is 11.9. The molecule has 3 rings (SSSR count). The minimum atomic E-state index is -0.428. The first kappa shape index (κ1) is 13.6. The number of hydrogen-bond donors (Lipinski definition) is 2. The Morgan fingerprint density at radius 3 is 2.55 bits per heavy atom. The lowest BCUT2D eigenvalue weighted by molar-refractivity contribution is 0.000923. The lowest BCUT2D eigenvalue weighted by Crippen LogP contribution is -2.41. The van der Waals surface area contributed by atoms with Crippen molar-refractivity contribution in [2.45, 2.75) is 37.7 Å². The van der Waals surface area contributed by atoms with Crippen molar-refractivity contribution in [3.05, 3.63) is 48.0 Å². The van der Waals surface area contributed by atoms with Crippen LogP contribution >= 0.6 is 0 Å². The Labute approximate surface area is 120 Å². The Bertz CT molecular complexity index is 572. The lowest BCUT2D eigenvalue weighted by atomic mass is 9.86. The average Bonchev–Trinajstić information content (AvgIpc) is 2.48. The number of piperidine rings is 1. The first-order chi connectivity index (χ1) is 9.75. The lowest BCUT2D eigenvalue weighted by Gasteiger charge is -2.32. The monoisotopic (exact) mass is 269 g/mol. The number of rotatable bonds is 4. The van der Waals surface area contributed by atoms with Crippen molar-refractivity contribution in [2.24, 2.45) is 0 Å². The van der Waals surface area contributed by atoms with Crippen molar-refractivity contribution in [1.82, 2.24) is 5.32 Å². The van der Waals surface area contributed by atoms with Crippen molar-refractivity contribution in [3.63, 3.8) is 0 Å². The fourth-order valence-corrected chi connectivity index (χ4v) is 3.16. The Hall–Kier alpha value is -1.38. The molecule has 0 aromatic heterocycles. The minimum Gasteiger partial charge on any atom is -0.390 e. The molecule has 0 spiro atoms. The van der Waals surface area contributed by atoms with Gasteiger partial charge in [0.05, 0.1) is 5.60 Å². The number of hydrogen-bond acceptors (Lipinski definition) is 2. The minimum absolute atomic E-state index is 0.428. The largest absolute Gasteiger partial charge is 0.390 e. The molecule has 2 aromatic rings. The second-order valence-corrected chi connectivity index (χ2v) is 6.01. The third-order valence-electron chi connectivity index (χ3n) is 4.46. The highest BCUT2D eigenvalue weighted by Crippen LogP contribution is 2.25. The molecular weight excluding hydrogens is 246 g/mol. The molecule has 2 nitrogen and oxygen atoms in total. The normalized spacial score (nSPS) is 18.2. The number of aryl methyl sites for hydroxylation is 1. The second-order valence-electron chi connectivity index (χ2n) is 6.01. The summed E-state index contributed by atoms with van der Waals surface area (Å²) >= 11 is 0. The van der Waals surface area contributed by atoms with Gasteiger partial charge in [-0.1, -0.05) is 42.5 Å². The standard InChI is InChI=1S/C18H23NO/c20-18(10-12-19-13-11-18)9-3-4-15-7-8-16-5-1-2-6-17(16)14-15/h1-2,5-8,14,19-20H,3-4,9-13H2. The van der Waals surface area contributed by atoms with E-state index in [0.29, 0.717) is 0 Å². The van der Waals surface area contributed by atoms with E-state index in [2.05, 4.69) is 47.8 Å². The van der Waals surface area contributed by atoms with Crippen LogP contribution in [0.3, 0.4) is 0 Å². The molecule has 0 amide bonds. The third kappa shape index (κ3) is 3.20. The molecule has 0 bridgehead atoms. The molecule has 1 fully saturated rings. The van der Waals surface area contributed by atoms with E-state index in [9.17, 15) is 5.11 Å². The molecule has 1 heterocycles. The van der Waals surface area contributed by atoms with Gasteiger partial charge in [0, 0.05) is 0 Å². The van der Waals surface area contributed by atoms with Gasteiger partial charge in [0.2, 0.25) is 0 Å². The summed E-state index contributed by atoms with van der Waals surface area (Å²) in [5, 5.41) is 16.4. The van der Waals surface area contributed by atoms with Crippen molar-refractivity contribution in [1.29, 1.82) is 0 Å². The van der Waals surface area contributed by atoms with E-state index in [1.807, 2.05) is 0 Å². The molecule has 2 aromatic carbocycles. The Balaban J connectivity index is 1.59. The van der Waals surface area contributed by atoms with E-state index in [1.54, 1.807) is 0 Å². The van der Waals surface area contributed by atoms with Gasteiger partial charge in [0.25, 0.3) is 0 Å². The fraction of sp³-hybridized carbons (Fsp3) is 0.444. The van der Waals surface area contributed by atoms with Crippen molar-refractivity contribution in [3.8, 4) is 0 Å². The van der Waals surface area contributed by atoms with Gasteiger partial charge in [-0.2, -0.15) is 0 Å². The summed E-state index contributed by atoms with van der Waals surface area (Å²) in [5.74, 6) is 0. The van der Waals surface area contributed by atoms with Crippen LogP contribution in [0.4, 0.5) is 0 Å². The van der Waals surface area contributed by atoms with Crippen LogP contribution in [-0.2, 0) is 6.42 Å². The molecule has 0 atom stereocenters. The Kier molecular flexibility index (Phi) is 4.04. The van der Waals surface area contributed by atoms with Gasteiger partial charge in [0.15, 0.2) is 0 Å². The first-order valence-corrected chi connectivity index (χ1v) is 7.66. The number of nitrogens with one attached hydrogen (secondary N) is 1. The van der Waals surface area contributed by atoms with Crippen molar-refractivity contribution < 1.29 is 5.11 Å². The smallest absolute Gasteiger partial charge is 0.0672 e. The molecule has 106 valence electrons. The van der Waals surface area contributed by atoms with Gasteiger partial charge in [-0.15, -0.1) is 0 Å². The van der Waals surface area contributed by atoms with E-state index in [1.165, 1.54) is 16.3 Å². The predicted octanol–water partition coefficient (Wildman–Crippen LogP) is 3.28. The highest BCUT2D eigenvalue weighted by atomic mass is 16.3. The maximum Gasteiger partial charge on any atom is 0.0672 e. The van der Waals surface area contributed by atoms with E-state index < -0.39 is 5.60 Å². The molecule has 2 N–H and O–H groups in total. The summed E-state index contributed by atoms with van der Waals surface area (Å²) in [6.45, 7) is 1.90. The summed E-state index contributed by atoms with van der Waals surface area (Å²) < 4.78 is 0. The molecule has 0 saturated carbocycles. The van der Waals surface area contributed by atoms with E-state index in [0.717, 1.165) is 45.2 Å². The quantitative estimate of drug-likeness (QED) is 0.893. The van der Waals surface area contributed by atoms with E-state index in [4.69, 9.17) is 0 Å². The summed E-state index contributed by atoms with van der Waals surface area (Å²) in [7, 11) is 0. The van der Waals surface area contributed by atoms with Crippen LogP contribution in [0.5, 0.6) is 0 Å². The second kappa shape index (κ2) is 5.94. The van der Waals surface area contributed by atoms with Crippen LogP contribution in [0.25, 0.3) is 10.8 Å². The SMILES string of the molecule is OC1(CCCc2ccc3ccccc3c2)CCNCC1. The van der Waals surface area contributed by atoms with Gasteiger partial charge >= 0.3 is 0 Å². The number of benzene rings is 2. The van der Waals surface area contributed by atoms with Gasteiger partial charge in [-0.05, 0) is 61.5 Å². The zero-order chi connectivity index (χ0) is 13.8. The van der Waals surface area contributed by atoms with E-state index in [-0.39, 0.29) is 0 Å². The molecule has 0 unspecified atom stereocenters. The molecule has 2 heteroatoms.